The number of hydrogen-bond acceptors (Lipinski definition) is 6. The van der Waals surface area contributed by atoms with Gasteiger partial charge in [-0.2, -0.15) is 0 Å². The molecule has 4 rings (SSSR count). The maximum Gasteiger partial charge on any atom is 0.251 e. The minimum Gasteiger partial charge on any atom is -0.496 e. The Morgan fingerprint density at radius 2 is 2.00 bits per heavy atom. The second-order valence-corrected chi connectivity index (χ2v) is 8.32. The molecular formula is C25H30N4O3. The van der Waals surface area contributed by atoms with E-state index in [1.54, 1.807) is 13.3 Å². The Kier molecular flexibility index (Phi) is 6.55. The fraction of sp³-hybridized carbons (Fsp3) is 0.400. The van der Waals surface area contributed by atoms with Crippen LogP contribution in [0.15, 0.2) is 47.4 Å². The first kappa shape index (κ1) is 22.0. The number of rotatable bonds is 7. The number of ether oxygens (including phenoxy) is 2. The quantitative estimate of drug-likeness (QED) is 0.587. The van der Waals surface area contributed by atoms with Gasteiger partial charge in [0.15, 0.2) is 0 Å². The van der Waals surface area contributed by atoms with Crippen molar-refractivity contribution < 1.29 is 9.47 Å². The van der Waals surface area contributed by atoms with Crippen LogP contribution < -0.4 is 15.6 Å². The number of nitrogens with one attached hydrogen (secondary N) is 2. The molecule has 0 bridgehead atoms. The summed E-state index contributed by atoms with van der Waals surface area (Å²) in [6.45, 7) is 6.25. The van der Waals surface area contributed by atoms with Gasteiger partial charge in [0.2, 0.25) is 0 Å². The molecular weight excluding hydrogens is 404 g/mol. The predicted octanol–water partition coefficient (Wildman–Crippen LogP) is 3.87. The van der Waals surface area contributed by atoms with E-state index in [1.165, 1.54) is 17.2 Å². The smallest absolute Gasteiger partial charge is 0.251 e. The Hall–Kier alpha value is -3.19. The van der Waals surface area contributed by atoms with E-state index in [1.807, 2.05) is 25.1 Å². The largest absolute Gasteiger partial charge is 0.496 e. The molecule has 0 aliphatic carbocycles. The summed E-state index contributed by atoms with van der Waals surface area (Å²) in [6, 6.07) is 11.7. The van der Waals surface area contributed by atoms with Crippen LogP contribution >= 0.6 is 0 Å². The van der Waals surface area contributed by atoms with Crippen LogP contribution in [0.4, 0.5) is 5.82 Å². The molecule has 0 unspecified atom stereocenters. The lowest BCUT2D eigenvalue weighted by atomic mass is 9.73. The molecule has 7 nitrogen and oxygen atoms in total. The number of pyridine rings is 1. The van der Waals surface area contributed by atoms with Crippen LogP contribution in [0.2, 0.25) is 0 Å². The molecule has 0 amide bonds. The number of methoxy groups -OCH3 is 1. The first-order valence-electron chi connectivity index (χ1n) is 11.1. The molecule has 7 heteroatoms. The van der Waals surface area contributed by atoms with Crippen LogP contribution in [0.1, 0.15) is 36.6 Å². The number of benzene rings is 1. The van der Waals surface area contributed by atoms with Crippen molar-refractivity contribution in [1.29, 1.82) is 0 Å². The van der Waals surface area contributed by atoms with Crippen LogP contribution in [-0.4, -0.2) is 41.8 Å². The number of anilines is 1. The van der Waals surface area contributed by atoms with Gasteiger partial charge in [-0.15, -0.1) is 0 Å². The van der Waals surface area contributed by atoms with Gasteiger partial charge >= 0.3 is 0 Å². The van der Waals surface area contributed by atoms with Crippen LogP contribution in [0, 0.1) is 6.92 Å². The van der Waals surface area contributed by atoms with Gasteiger partial charge < -0.3 is 19.8 Å². The lowest BCUT2D eigenvalue weighted by Crippen LogP contribution is -2.40. The first-order chi connectivity index (χ1) is 15.5. The monoisotopic (exact) mass is 434 g/mol. The highest BCUT2D eigenvalue weighted by molar-refractivity contribution is 5.56. The molecule has 168 valence electrons. The average Bonchev–Trinajstić information content (AvgIpc) is 2.83. The van der Waals surface area contributed by atoms with E-state index in [-0.39, 0.29) is 11.0 Å². The number of H-pyrrole nitrogens is 1. The van der Waals surface area contributed by atoms with Gasteiger partial charge in [0.05, 0.1) is 7.11 Å². The van der Waals surface area contributed by atoms with Crippen LogP contribution in [0.25, 0.3) is 11.4 Å². The van der Waals surface area contributed by atoms with E-state index in [2.05, 4.69) is 39.3 Å². The molecule has 2 aromatic heterocycles. The highest BCUT2D eigenvalue weighted by Gasteiger charge is 2.37. The van der Waals surface area contributed by atoms with Crippen molar-refractivity contribution in [2.24, 2.45) is 0 Å². The fourth-order valence-corrected chi connectivity index (χ4v) is 4.26. The summed E-state index contributed by atoms with van der Waals surface area (Å²) >= 11 is 0. The molecule has 0 saturated carbocycles. The van der Waals surface area contributed by atoms with Crippen molar-refractivity contribution in [2.45, 2.75) is 38.5 Å². The lowest BCUT2D eigenvalue weighted by Gasteiger charge is -2.39. The zero-order valence-electron chi connectivity index (χ0n) is 18.9. The average molecular weight is 435 g/mol. The second kappa shape index (κ2) is 9.53. The molecule has 0 radical (unpaired) electrons. The third-order valence-electron chi connectivity index (χ3n) is 6.18. The summed E-state index contributed by atoms with van der Waals surface area (Å²) in [7, 11) is 1.72. The van der Waals surface area contributed by atoms with Crippen molar-refractivity contribution >= 4 is 5.82 Å². The minimum absolute atomic E-state index is 0.0990. The summed E-state index contributed by atoms with van der Waals surface area (Å²) in [5.74, 6) is 2.23. The molecule has 2 N–H and O–H groups in total. The van der Waals surface area contributed by atoms with Crippen LogP contribution in [0.5, 0.6) is 5.75 Å². The van der Waals surface area contributed by atoms with Crippen molar-refractivity contribution in [3.05, 3.63) is 69.8 Å². The van der Waals surface area contributed by atoms with Gasteiger partial charge in [0, 0.05) is 54.3 Å². The van der Waals surface area contributed by atoms with E-state index in [0.29, 0.717) is 12.2 Å². The van der Waals surface area contributed by atoms with Crippen molar-refractivity contribution in [3.63, 3.8) is 0 Å². The SMILES string of the molecule is CCc1cc(=O)[nH]c(-c2ccc(NCC3(c4cc(C)ccc4OC)CCOCC3)nc2)n1. The van der Waals surface area contributed by atoms with Crippen molar-refractivity contribution in [3.8, 4) is 17.1 Å². The fourth-order valence-electron chi connectivity index (χ4n) is 4.26. The number of hydrogen-bond donors (Lipinski definition) is 2. The van der Waals surface area contributed by atoms with E-state index >= 15 is 0 Å². The zero-order chi connectivity index (χ0) is 22.6. The van der Waals surface area contributed by atoms with Gasteiger partial charge in [0.25, 0.3) is 5.56 Å². The number of aromatic amines is 1. The van der Waals surface area contributed by atoms with E-state index in [9.17, 15) is 4.79 Å². The van der Waals surface area contributed by atoms with Crippen LogP contribution in [-0.2, 0) is 16.6 Å². The third-order valence-corrected chi connectivity index (χ3v) is 6.18. The zero-order valence-corrected chi connectivity index (χ0v) is 18.9. The highest BCUT2D eigenvalue weighted by atomic mass is 16.5. The molecule has 0 spiro atoms. The van der Waals surface area contributed by atoms with Gasteiger partial charge in [-0.25, -0.2) is 9.97 Å². The summed E-state index contributed by atoms with van der Waals surface area (Å²) in [4.78, 5) is 23.8. The van der Waals surface area contributed by atoms with Crippen LogP contribution in [0.3, 0.4) is 0 Å². The normalized spacial score (nSPS) is 15.3. The lowest BCUT2D eigenvalue weighted by molar-refractivity contribution is 0.0535. The van der Waals surface area contributed by atoms with Crippen molar-refractivity contribution in [2.75, 3.05) is 32.2 Å². The molecule has 0 atom stereocenters. The number of aryl methyl sites for hydroxylation is 2. The minimum atomic E-state index is -0.150. The third kappa shape index (κ3) is 4.67. The topological polar surface area (TPSA) is 89.1 Å². The molecule has 1 aliphatic rings. The summed E-state index contributed by atoms with van der Waals surface area (Å²) in [6.07, 6.45) is 4.27. The number of aromatic nitrogens is 3. The van der Waals surface area contributed by atoms with Gasteiger partial charge in [-0.05, 0) is 44.4 Å². The summed E-state index contributed by atoms with van der Waals surface area (Å²) in [5.41, 5.74) is 3.72. The maximum absolute atomic E-state index is 11.9. The Morgan fingerprint density at radius 3 is 2.69 bits per heavy atom. The molecule has 1 aromatic carbocycles. The van der Waals surface area contributed by atoms with Gasteiger partial charge in [-0.3, -0.25) is 4.79 Å². The molecule has 1 aliphatic heterocycles. The Labute approximate surface area is 188 Å². The summed E-state index contributed by atoms with van der Waals surface area (Å²) in [5, 5.41) is 3.52. The molecule has 32 heavy (non-hydrogen) atoms. The van der Waals surface area contributed by atoms with E-state index in [0.717, 1.165) is 55.4 Å². The molecule has 1 fully saturated rings. The van der Waals surface area contributed by atoms with E-state index < -0.39 is 0 Å². The standard InChI is InChI=1S/C25H30N4O3/c1-4-19-14-23(30)29-24(28-19)18-6-8-22(26-15-18)27-16-25(9-11-32-12-10-25)20-13-17(2)5-7-21(20)31-3/h5-8,13-15H,4,9-12,16H2,1-3H3,(H,26,27)(H,28,29,30). The molecule has 3 aromatic rings. The second-order valence-electron chi connectivity index (χ2n) is 8.32. The predicted molar refractivity (Wildman–Crippen MR) is 125 cm³/mol. The van der Waals surface area contributed by atoms with Crippen molar-refractivity contribution in [1.82, 2.24) is 15.0 Å². The molecule has 1 saturated heterocycles. The Balaban J connectivity index is 1.56. The number of nitrogens with zero attached hydrogens (tertiary/aromatic N) is 2. The first-order valence-corrected chi connectivity index (χ1v) is 11.1. The van der Waals surface area contributed by atoms with Gasteiger partial charge in [-0.1, -0.05) is 24.6 Å². The Bertz CT molecular complexity index is 1120. The molecule has 3 heterocycles. The van der Waals surface area contributed by atoms with Gasteiger partial charge in [0.1, 0.15) is 17.4 Å². The maximum atomic E-state index is 11.9. The summed E-state index contributed by atoms with van der Waals surface area (Å²) < 4.78 is 11.4. The Morgan fingerprint density at radius 1 is 1.19 bits per heavy atom. The van der Waals surface area contributed by atoms with E-state index in [4.69, 9.17) is 9.47 Å². The highest BCUT2D eigenvalue weighted by Crippen LogP contribution is 2.40.